The zero-order valence-electron chi connectivity index (χ0n) is 15.8. The van der Waals surface area contributed by atoms with Crippen LogP contribution in [-0.4, -0.2) is 41.3 Å². The van der Waals surface area contributed by atoms with Gasteiger partial charge < -0.3 is 20.1 Å². The minimum absolute atomic E-state index is 0.0464. The van der Waals surface area contributed by atoms with Gasteiger partial charge in [0.15, 0.2) is 11.5 Å². The lowest BCUT2D eigenvalue weighted by atomic mass is 10.2. The summed E-state index contributed by atoms with van der Waals surface area (Å²) in [6, 6.07) is 10.9. The highest BCUT2D eigenvalue weighted by Crippen LogP contribution is 2.31. The van der Waals surface area contributed by atoms with Gasteiger partial charge in [0, 0.05) is 13.1 Å². The second-order valence-corrected chi connectivity index (χ2v) is 7.14. The third-order valence-electron chi connectivity index (χ3n) is 4.30. The van der Waals surface area contributed by atoms with Crippen LogP contribution < -0.4 is 15.2 Å². The number of pyridine rings is 1. The summed E-state index contributed by atoms with van der Waals surface area (Å²) >= 11 is 1.13. The van der Waals surface area contributed by atoms with Gasteiger partial charge in [0.25, 0.3) is 0 Å². The molecule has 2 N–H and O–H groups in total. The van der Waals surface area contributed by atoms with Crippen LogP contribution in [0.3, 0.4) is 0 Å². The smallest absolute Gasteiger partial charge is 0.233 e. The van der Waals surface area contributed by atoms with Crippen LogP contribution in [0.15, 0.2) is 29.3 Å². The van der Waals surface area contributed by atoms with Crippen LogP contribution in [-0.2, 0) is 11.3 Å². The van der Waals surface area contributed by atoms with Crippen LogP contribution in [0.2, 0.25) is 0 Å². The number of ether oxygens (including phenoxy) is 2. The fraction of sp³-hybridized carbons (Fsp3) is 0.300. The maximum Gasteiger partial charge on any atom is 0.233 e. The standard InChI is InChI=1S/C20H19N5O3S/c1-2-25(11-13-3-4-16-17(7-13)28-6-5-27-16)18(26)12-29-20-15(10-22)8-14(9-21)19(23)24-20/h3-4,7-8H,2,5-6,11-12H2,1H3,(H2,23,24). The van der Waals surface area contributed by atoms with Crippen LogP contribution >= 0.6 is 11.8 Å². The Kier molecular flexibility index (Phi) is 6.43. The van der Waals surface area contributed by atoms with Crippen LogP contribution in [0.4, 0.5) is 5.82 Å². The van der Waals surface area contributed by atoms with E-state index in [4.69, 9.17) is 20.5 Å². The number of nitrogen functional groups attached to an aromatic ring is 1. The number of hydrogen-bond donors (Lipinski definition) is 1. The van der Waals surface area contributed by atoms with Crippen molar-refractivity contribution >= 4 is 23.5 Å². The largest absolute Gasteiger partial charge is 0.486 e. The first-order valence-electron chi connectivity index (χ1n) is 8.95. The Labute approximate surface area is 172 Å². The lowest BCUT2D eigenvalue weighted by Crippen LogP contribution is -2.31. The van der Waals surface area contributed by atoms with Gasteiger partial charge in [0.2, 0.25) is 5.91 Å². The van der Waals surface area contributed by atoms with E-state index in [-0.39, 0.29) is 28.6 Å². The Morgan fingerprint density at radius 2 is 1.93 bits per heavy atom. The van der Waals surface area contributed by atoms with Crippen molar-refractivity contribution in [2.24, 2.45) is 0 Å². The molecule has 0 radical (unpaired) electrons. The lowest BCUT2D eigenvalue weighted by Gasteiger charge is -2.23. The molecule has 0 spiro atoms. The molecule has 3 rings (SSSR count). The van der Waals surface area contributed by atoms with Crippen molar-refractivity contribution in [1.82, 2.24) is 9.88 Å². The number of fused-ring (bicyclic) bond motifs is 1. The lowest BCUT2D eigenvalue weighted by molar-refractivity contribution is -0.128. The fourth-order valence-corrected chi connectivity index (χ4v) is 3.66. The molecule has 0 bridgehead atoms. The molecule has 0 fully saturated rings. The molecule has 1 aliphatic heterocycles. The monoisotopic (exact) mass is 409 g/mol. The van der Waals surface area contributed by atoms with Crippen LogP contribution in [0, 0.1) is 22.7 Å². The Morgan fingerprint density at radius 1 is 1.21 bits per heavy atom. The molecule has 0 atom stereocenters. The maximum atomic E-state index is 12.7. The fourth-order valence-electron chi connectivity index (χ4n) is 2.79. The quantitative estimate of drug-likeness (QED) is 0.721. The zero-order chi connectivity index (χ0) is 20.8. The number of carbonyl (C=O) groups is 1. The van der Waals surface area contributed by atoms with E-state index in [2.05, 4.69) is 4.98 Å². The number of thioether (sulfide) groups is 1. The molecule has 0 aliphatic carbocycles. The van der Waals surface area contributed by atoms with Crippen molar-refractivity contribution in [2.75, 3.05) is 31.2 Å². The summed E-state index contributed by atoms with van der Waals surface area (Å²) in [6.07, 6.45) is 0. The average molecular weight is 409 g/mol. The van der Waals surface area contributed by atoms with Crippen molar-refractivity contribution in [1.29, 1.82) is 10.5 Å². The highest BCUT2D eigenvalue weighted by atomic mass is 32.2. The number of anilines is 1. The zero-order valence-corrected chi connectivity index (χ0v) is 16.7. The van der Waals surface area contributed by atoms with Crippen LogP contribution in [0.1, 0.15) is 23.6 Å². The highest BCUT2D eigenvalue weighted by molar-refractivity contribution is 8.00. The average Bonchev–Trinajstić information content (AvgIpc) is 2.75. The molecule has 1 aromatic carbocycles. The van der Waals surface area contributed by atoms with E-state index in [1.165, 1.54) is 6.07 Å². The Morgan fingerprint density at radius 3 is 2.62 bits per heavy atom. The second-order valence-electron chi connectivity index (χ2n) is 6.17. The van der Waals surface area contributed by atoms with Gasteiger partial charge in [-0.2, -0.15) is 10.5 Å². The van der Waals surface area contributed by atoms with Gasteiger partial charge in [-0.05, 0) is 30.7 Å². The first-order valence-corrected chi connectivity index (χ1v) is 9.94. The molecule has 148 valence electrons. The predicted molar refractivity (Wildman–Crippen MR) is 107 cm³/mol. The molecule has 0 unspecified atom stereocenters. The van der Waals surface area contributed by atoms with Gasteiger partial charge in [0.1, 0.15) is 36.2 Å². The van der Waals surface area contributed by atoms with Gasteiger partial charge >= 0.3 is 0 Å². The van der Waals surface area contributed by atoms with E-state index in [9.17, 15) is 10.1 Å². The summed E-state index contributed by atoms with van der Waals surface area (Å²) in [6.45, 7) is 3.90. The predicted octanol–water partition coefficient (Wildman–Crippen LogP) is 2.32. The number of rotatable bonds is 6. The summed E-state index contributed by atoms with van der Waals surface area (Å²) in [5, 5.41) is 18.6. The number of nitrogens with zero attached hydrogens (tertiary/aromatic N) is 4. The van der Waals surface area contributed by atoms with Crippen molar-refractivity contribution in [2.45, 2.75) is 18.5 Å². The van der Waals surface area contributed by atoms with Gasteiger partial charge in [-0.15, -0.1) is 0 Å². The summed E-state index contributed by atoms with van der Waals surface area (Å²) in [5.41, 5.74) is 7.04. The molecule has 2 aromatic rings. The first kappa shape index (κ1) is 20.3. The molecule has 8 nitrogen and oxygen atoms in total. The molecule has 2 heterocycles. The summed E-state index contributed by atoms with van der Waals surface area (Å²) in [7, 11) is 0. The van der Waals surface area contributed by atoms with Gasteiger partial charge in [-0.25, -0.2) is 4.98 Å². The molecular weight excluding hydrogens is 390 g/mol. The third-order valence-corrected chi connectivity index (χ3v) is 5.28. The maximum absolute atomic E-state index is 12.7. The van der Waals surface area contributed by atoms with E-state index < -0.39 is 0 Å². The van der Waals surface area contributed by atoms with Crippen molar-refractivity contribution in [3.8, 4) is 23.6 Å². The number of benzene rings is 1. The summed E-state index contributed by atoms with van der Waals surface area (Å²) < 4.78 is 11.1. The number of nitriles is 2. The van der Waals surface area contributed by atoms with Crippen LogP contribution in [0.5, 0.6) is 11.5 Å². The second kappa shape index (κ2) is 9.18. The van der Waals surface area contributed by atoms with Gasteiger partial charge in [-0.3, -0.25) is 4.79 Å². The molecule has 1 aliphatic rings. The first-order chi connectivity index (χ1) is 14.0. The number of hydrogen-bond acceptors (Lipinski definition) is 8. The highest BCUT2D eigenvalue weighted by Gasteiger charge is 2.18. The molecule has 1 aromatic heterocycles. The molecule has 9 heteroatoms. The van der Waals surface area contributed by atoms with E-state index in [1.807, 2.05) is 37.3 Å². The topological polar surface area (TPSA) is 125 Å². The Hall–Kier alpha value is -3.43. The molecular formula is C20H19N5O3S. The van der Waals surface area contributed by atoms with Gasteiger partial charge in [0.05, 0.1) is 16.9 Å². The molecule has 0 saturated heterocycles. The Bertz CT molecular complexity index is 1010. The van der Waals surface area contributed by atoms with E-state index >= 15 is 0 Å². The van der Waals surface area contributed by atoms with E-state index in [0.717, 1.165) is 17.3 Å². The SMILES string of the molecule is CCN(Cc1ccc2c(c1)OCCO2)C(=O)CSc1nc(N)c(C#N)cc1C#N. The minimum Gasteiger partial charge on any atom is -0.486 e. The summed E-state index contributed by atoms with van der Waals surface area (Å²) in [5.74, 6) is 1.44. The van der Waals surface area contributed by atoms with E-state index in [0.29, 0.717) is 42.8 Å². The minimum atomic E-state index is -0.0963. The van der Waals surface area contributed by atoms with Crippen molar-refractivity contribution in [3.05, 3.63) is 41.0 Å². The van der Waals surface area contributed by atoms with E-state index in [1.54, 1.807) is 4.90 Å². The number of aromatic nitrogens is 1. The number of carbonyl (C=O) groups excluding carboxylic acids is 1. The van der Waals surface area contributed by atoms with Gasteiger partial charge in [-0.1, -0.05) is 17.8 Å². The molecule has 29 heavy (non-hydrogen) atoms. The number of amides is 1. The summed E-state index contributed by atoms with van der Waals surface area (Å²) in [4.78, 5) is 18.5. The molecule has 0 saturated carbocycles. The third kappa shape index (κ3) is 4.71. The normalized spacial score (nSPS) is 12.0. The van der Waals surface area contributed by atoms with Crippen LogP contribution in [0.25, 0.3) is 0 Å². The van der Waals surface area contributed by atoms with Crippen molar-refractivity contribution in [3.63, 3.8) is 0 Å². The molecule has 1 amide bonds. The number of nitrogens with two attached hydrogens (primary N) is 1. The van der Waals surface area contributed by atoms with Crippen molar-refractivity contribution < 1.29 is 14.3 Å². The Balaban J connectivity index is 1.67.